The number of nitrogens with zero attached hydrogens (tertiary/aromatic N) is 1. The lowest BCUT2D eigenvalue weighted by Crippen LogP contribution is -2.14. The summed E-state index contributed by atoms with van der Waals surface area (Å²) in [6.45, 7) is 4.21. The van der Waals surface area contributed by atoms with Gasteiger partial charge in [-0.1, -0.05) is 19.8 Å². The maximum absolute atomic E-state index is 10.8. The molecule has 0 aliphatic rings. The molecule has 1 N–H and O–H groups in total. The number of rotatable bonds is 7. The number of nitrogens with one attached hydrogen (secondary N) is 1. The van der Waals surface area contributed by atoms with Crippen LogP contribution in [0, 0.1) is 10.1 Å². The molecule has 0 spiro atoms. The maximum Gasteiger partial charge on any atom is 0.275 e. The van der Waals surface area contributed by atoms with Gasteiger partial charge in [0.15, 0.2) is 0 Å². The van der Waals surface area contributed by atoms with Crippen LogP contribution in [0.3, 0.4) is 0 Å². The van der Waals surface area contributed by atoms with Gasteiger partial charge in [0, 0.05) is 23.9 Å². The summed E-state index contributed by atoms with van der Waals surface area (Å²) in [5.41, 5.74) is 0.768. The Morgan fingerprint density at radius 2 is 2.17 bits per heavy atom. The van der Waals surface area contributed by atoms with Crippen LogP contribution < -0.4 is 10.1 Å². The monoisotopic (exact) mass is 252 g/mol. The van der Waals surface area contributed by atoms with E-state index < -0.39 is 4.92 Å². The van der Waals surface area contributed by atoms with Crippen molar-refractivity contribution in [3.05, 3.63) is 28.3 Å². The molecule has 0 bridgehead atoms. The van der Waals surface area contributed by atoms with Crippen molar-refractivity contribution < 1.29 is 9.66 Å². The third-order valence-corrected chi connectivity index (χ3v) is 2.74. The van der Waals surface area contributed by atoms with Gasteiger partial charge in [0.05, 0.1) is 18.1 Å². The van der Waals surface area contributed by atoms with E-state index in [1.54, 1.807) is 6.07 Å². The van der Waals surface area contributed by atoms with Crippen LogP contribution in [-0.4, -0.2) is 18.1 Å². The van der Waals surface area contributed by atoms with E-state index >= 15 is 0 Å². The van der Waals surface area contributed by atoms with Crippen molar-refractivity contribution in [1.29, 1.82) is 0 Å². The molecule has 0 aliphatic carbocycles. The number of methoxy groups -OCH3 is 1. The van der Waals surface area contributed by atoms with Crippen LogP contribution in [0.15, 0.2) is 18.2 Å². The number of unbranched alkanes of at least 4 members (excludes halogenated alkanes) is 1. The third kappa shape index (κ3) is 4.24. The highest BCUT2D eigenvalue weighted by molar-refractivity contribution is 5.56. The first-order valence-corrected chi connectivity index (χ1v) is 6.16. The van der Waals surface area contributed by atoms with E-state index in [2.05, 4.69) is 19.2 Å². The van der Waals surface area contributed by atoms with Crippen molar-refractivity contribution in [2.45, 2.75) is 39.2 Å². The van der Waals surface area contributed by atoms with Crippen LogP contribution in [0.25, 0.3) is 0 Å². The van der Waals surface area contributed by atoms with E-state index in [0.717, 1.165) is 24.9 Å². The largest absolute Gasteiger partial charge is 0.496 e. The molecule has 0 radical (unpaired) electrons. The minimum Gasteiger partial charge on any atom is -0.496 e. The Morgan fingerprint density at radius 3 is 2.72 bits per heavy atom. The predicted molar refractivity (Wildman–Crippen MR) is 72.3 cm³/mol. The number of non-ortho nitro benzene ring substituents is 1. The highest BCUT2D eigenvalue weighted by Gasteiger charge is 2.11. The minimum absolute atomic E-state index is 0.0412. The van der Waals surface area contributed by atoms with Gasteiger partial charge in [-0.2, -0.15) is 0 Å². The molecule has 0 amide bonds. The van der Waals surface area contributed by atoms with Crippen molar-refractivity contribution in [3.63, 3.8) is 0 Å². The van der Waals surface area contributed by atoms with Crippen LogP contribution in [0.5, 0.6) is 5.75 Å². The van der Waals surface area contributed by atoms with E-state index in [0.29, 0.717) is 5.75 Å². The van der Waals surface area contributed by atoms with Crippen LogP contribution in [0.2, 0.25) is 0 Å². The summed E-state index contributed by atoms with van der Waals surface area (Å²) in [6, 6.07) is 5.01. The van der Waals surface area contributed by atoms with Crippen LogP contribution in [0.4, 0.5) is 11.4 Å². The minimum atomic E-state index is -0.412. The summed E-state index contributed by atoms with van der Waals surface area (Å²) in [7, 11) is 1.50. The summed E-state index contributed by atoms with van der Waals surface area (Å²) in [6.07, 6.45) is 3.33. The Balaban J connectivity index is 2.81. The van der Waals surface area contributed by atoms with Crippen molar-refractivity contribution in [2.75, 3.05) is 12.4 Å². The first-order valence-electron chi connectivity index (χ1n) is 6.16. The van der Waals surface area contributed by atoms with Gasteiger partial charge >= 0.3 is 0 Å². The van der Waals surface area contributed by atoms with Gasteiger partial charge in [-0.25, -0.2) is 0 Å². The molecule has 0 aliphatic heterocycles. The molecule has 0 fully saturated rings. The van der Waals surface area contributed by atoms with Gasteiger partial charge in [-0.3, -0.25) is 10.1 Å². The fourth-order valence-corrected chi connectivity index (χ4v) is 1.76. The second-order valence-electron chi connectivity index (χ2n) is 4.36. The van der Waals surface area contributed by atoms with Crippen molar-refractivity contribution in [2.24, 2.45) is 0 Å². The van der Waals surface area contributed by atoms with Crippen molar-refractivity contribution in [1.82, 2.24) is 0 Å². The molecule has 0 saturated heterocycles. The van der Waals surface area contributed by atoms with Gasteiger partial charge in [0.25, 0.3) is 5.69 Å². The molecule has 18 heavy (non-hydrogen) atoms. The number of hydrogen-bond donors (Lipinski definition) is 1. The quantitative estimate of drug-likeness (QED) is 0.595. The molecule has 5 nitrogen and oxygen atoms in total. The van der Waals surface area contributed by atoms with Gasteiger partial charge in [0.1, 0.15) is 5.75 Å². The number of hydrogen-bond acceptors (Lipinski definition) is 4. The third-order valence-electron chi connectivity index (χ3n) is 2.74. The molecule has 1 aromatic carbocycles. The van der Waals surface area contributed by atoms with Gasteiger partial charge in [0.2, 0.25) is 0 Å². The van der Waals surface area contributed by atoms with Crippen LogP contribution in [-0.2, 0) is 0 Å². The lowest BCUT2D eigenvalue weighted by Gasteiger charge is -2.15. The normalized spacial score (nSPS) is 11.9. The Bertz CT molecular complexity index is 407. The molecule has 100 valence electrons. The standard InChI is InChI=1S/C13H20N2O3/c1-4-5-6-10(2)14-11-7-12(15(16)17)9-13(8-11)18-3/h7-10,14H,4-6H2,1-3H3. The zero-order valence-electron chi connectivity index (χ0n) is 11.1. The van der Waals surface area contributed by atoms with Crippen molar-refractivity contribution >= 4 is 11.4 Å². The van der Waals surface area contributed by atoms with E-state index in [4.69, 9.17) is 4.74 Å². The molecule has 0 aromatic heterocycles. The summed E-state index contributed by atoms with van der Waals surface area (Å²) in [4.78, 5) is 10.4. The molecule has 5 heteroatoms. The molecule has 1 atom stereocenters. The Kier molecular flexibility index (Phi) is 5.42. The van der Waals surface area contributed by atoms with E-state index in [1.165, 1.54) is 19.2 Å². The summed E-state index contributed by atoms with van der Waals surface area (Å²) in [5, 5.41) is 14.1. The average Bonchev–Trinajstić information content (AvgIpc) is 2.35. The summed E-state index contributed by atoms with van der Waals surface area (Å²) >= 11 is 0. The lowest BCUT2D eigenvalue weighted by molar-refractivity contribution is -0.384. The van der Waals surface area contributed by atoms with E-state index in [1.807, 2.05) is 0 Å². The second kappa shape index (κ2) is 6.83. The van der Waals surface area contributed by atoms with Gasteiger partial charge in [-0.15, -0.1) is 0 Å². The van der Waals surface area contributed by atoms with Crippen LogP contribution >= 0.6 is 0 Å². The molecule has 0 saturated carbocycles. The highest BCUT2D eigenvalue weighted by atomic mass is 16.6. The topological polar surface area (TPSA) is 64.4 Å². The fourth-order valence-electron chi connectivity index (χ4n) is 1.76. The Labute approximate surface area is 107 Å². The Morgan fingerprint density at radius 1 is 1.44 bits per heavy atom. The molecule has 1 aromatic rings. The highest BCUT2D eigenvalue weighted by Crippen LogP contribution is 2.26. The zero-order valence-corrected chi connectivity index (χ0v) is 11.1. The number of anilines is 1. The summed E-state index contributed by atoms with van der Waals surface area (Å²) in [5.74, 6) is 0.495. The predicted octanol–water partition coefficient (Wildman–Crippen LogP) is 3.59. The smallest absolute Gasteiger partial charge is 0.275 e. The van der Waals surface area contributed by atoms with Crippen LogP contribution in [0.1, 0.15) is 33.1 Å². The zero-order chi connectivity index (χ0) is 13.5. The van der Waals surface area contributed by atoms with E-state index in [9.17, 15) is 10.1 Å². The molecule has 0 heterocycles. The van der Waals surface area contributed by atoms with E-state index in [-0.39, 0.29) is 11.7 Å². The fraction of sp³-hybridized carbons (Fsp3) is 0.538. The Hall–Kier alpha value is -1.78. The molecular formula is C13H20N2O3. The molecule has 1 unspecified atom stereocenters. The average molecular weight is 252 g/mol. The number of nitro groups is 1. The van der Waals surface area contributed by atoms with Gasteiger partial charge < -0.3 is 10.1 Å². The SMILES string of the molecule is CCCCC(C)Nc1cc(OC)cc([N+](=O)[O-])c1. The number of nitro benzene ring substituents is 1. The second-order valence-corrected chi connectivity index (χ2v) is 4.36. The van der Waals surface area contributed by atoms with Crippen molar-refractivity contribution in [3.8, 4) is 5.75 Å². The maximum atomic E-state index is 10.8. The number of benzene rings is 1. The van der Waals surface area contributed by atoms with Gasteiger partial charge in [-0.05, 0) is 13.3 Å². The summed E-state index contributed by atoms with van der Waals surface area (Å²) < 4.78 is 5.06. The molecular weight excluding hydrogens is 232 g/mol. The first kappa shape index (κ1) is 14.3. The lowest BCUT2D eigenvalue weighted by atomic mass is 10.1. The first-order chi connectivity index (χ1) is 8.56. The number of ether oxygens (including phenoxy) is 1. The molecule has 1 rings (SSSR count).